The van der Waals surface area contributed by atoms with Gasteiger partial charge in [-0.1, -0.05) is 72.8 Å². The van der Waals surface area contributed by atoms with Crippen molar-refractivity contribution < 1.29 is 18.4 Å². The highest BCUT2D eigenvalue weighted by molar-refractivity contribution is 7.56. The second-order valence-electron chi connectivity index (χ2n) is 8.03. The first-order chi connectivity index (χ1) is 15.4. The lowest BCUT2D eigenvalue weighted by atomic mass is 9.77. The lowest BCUT2D eigenvalue weighted by Gasteiger charge is -2.37. The van der Waals surface area contributed by atoms with Gasteiger partial charge >= 0.3 is 7.60 Å². The smallest absolute Gasteiger partial charge is 0.416 e. The maximum atomic E-state index is 14.3. The van der Waals surface area contributed by atoms with Gasteiger partial charge in [-0.15, -0.1) is 0 Å². The molecule has 0 bridgehead atoms. The molecule has 2 atom stereocenters. The standard InChI is InChI=1S/C26H26NO4P/c1-20(28)25(19-26(27)18-10-12-21-11-8-9-17-24(21)26)32(29,30-22-13-4-2-5-14-22)31-23-15-6-3-7-16-23/h2-17,25H,18-19,27H2,1H3. The van der Waals surface area contributed by atoms with Crippen LogP contribution in [0.1, 0.15) is 30.9 Å². The van der Waals surface area contributed by atoms with Crippen LogP contribution in [0.15, 0.2) is 91.0 Å². The van der Waals surface area contributed by atoms with Gasteiger partial charge < -0.3 is 14.8 Å². The second kappa shape index (κ2) is 9.15. The summed E-state index contributed by atoms with van der Waals surface area (Å²) in [5.41, 5.74) is 6.84. The molecule has 0 heterocycles. The Bertz CT molecular complexity index is 1120. The number of nitrogens with two attached hydrogens (primary N) is 1. The van der Waals surface area contributed by atoms with Crippen molar-refractivity contribution >= 4 is 19.5 Å². The number of carbonyl (C=O) groups is 1. The topological polar surface area (TPSA) is 78.6 Å². The maximum absolute atomic E-state index is 14.3. The highest BCUT2D eigenvalue weighted by Crippen LogP contribution is 2.56. The molecule has 3 aromatic rings. The van der Waals surface area contributed by atoms with Crippen molar-refractivity contribution in [2.45, 2.75) is 31.0 Å². The molecule has 0 saturated heterocycles. The first kappa shape index (κ1) is 22.1. The normalized spacial score (nSPS) is 18.4. The summed E-state index contributed by atoms with van der Waals surface area (Å²) in [5.74, 6) is 0.443. The molecule has 164 valence electrons. The maximum Gasteiger partial charge on any atom is 0.441 e. The van der Waals surface area contributed by atoms with E-state index >= 15 is 0 Å². The molecular weight excluding hydrogens is 421 g/mol. The number of hydrogen-bond acceptors (Lipinski definition) is 5. The van der Waals surface area contributed by atoms with Crippen LogP contribution in [-0.2, 0) is 14.9 Å². The first-order valence-electron chi connectivity index (χ1n) is 10.5. The van der Waals surface area contributed by atoms with Gasteiger partial charge in [0, 0.05) is 5.54 Å². The van der Waals surface area contributed by atoms with Gasteiger partial charge in [0.1, 0.15) is 22.9 Å². The minimum absolute atomic E-state index is 0.126. The van der Waals surface area contributed by atoms with Crippen molar-refractivity contribution in [1.82, 2.24) is 0 Å². The predicted octanol–water partition coefficient (Wildman–Crippen LogP) is 5.96. The van der Waals surface area contributed by atoms with Crippen molar-refractivity contribution in [3.05, 3.63) is 102 Å². The first-order valence-corrected chi connectivity index (χ1v) is 12.2. The van der Waals surface area contributed by atoms with E-state index in [1.165, 1.54) is 6.92 Å². The zero-order valence-electron chi connectivity index (χ0n) is 17.9. The van der Waals surface area contributed by atoms with Crippen LogP contribution in [0.4, 0.5) is 0 Å². The summed E-state index contributed by atoms with van der Waals surface area (Å²) in [7, 11) is -4.00. The zero-order chi connectivity index (χ0) is 22.6. The van der Waals surface area contributed by atoms with Crippen molar-refractivity contribution in [1.29, 1.82) is 0 Å². The summed E-state index contributed by atoms with van der Waals surface area (Å²) >= 11 is 0. The van der Waals surface area contributed by atoms with Gasteiger partial charge in [0.2, 0.25) is 0 Å². The van der Waals surface area contributed by atoms with Gasteiger partial charge in [0.05, 0.1) is 0 Å². The molecule has 32 heavy (non-hydrogen) atoms. The number of hydrogen-bond donors (Lipinski definition) is 1. The molecule has 0 saturated carbocycles. The molecule has 2 unspecified atom stereocenters. The molecule has 1 aliphatic rings. The minimum Gasteiger partial charge on any atom is -0.416 e. The molecule has 5 nitrogen and oxygen atoms in total. The van der Waals surface area contributed by atoms with E-state index in [1.807, 2.05) is 48.6 Å². The Labute approximate surface area is 188 Å². The van der Waals surface area contributed by atoms with Gasteiger partial charge in [-0.3, -0.25) is 4.79 Å². The number of benzene rings is 3. The van der Waals surface area contributed by atoms with E-state index in [2.05, 4.69) is 0 Å². The van der Waals surface area contributed by atoms with E-state index in [1.54, 1.807) is 48.5 Å². The summed E-state index contributed by atoms with van der Waals surface area (Å²) in [4.78, 5) is 12.9. The van der Waals surface area contributed by atoms with Gasteiger partial charge in [0.25, 0.3) is 0 Å². The van der Waals surface area contributed by atoms with Gasteiger partial charge in [0.15, 0.2) is 0 Å². The van der Waals surface area contributed by atoms with Gasteiger partial charge in [-0.2, -0.15) is 0 Å². The Morgan fingerprint density at radius 1 is 0.938 bits per heavy atom. The van der Waals surface area contributed by atoms with Crippen molar-refractivity contribution in [2.75, 3.05) is 0 Å². The Morgan fingerprint density at radius 3 is 2.03 bits per heavy atom. The van der Waals surface area contributed by atoms with Gasteiger partial charge in [-0.25, -0.2) is 4.57 Å². The van der Waals surface area contributed by atoms with Gasteiger partial charge in [-0.05, 0) is 55.2 Å². The van der Waals surface area contributed by atoms with Crippen molar-refractivity contribution in [3.8, 4) is 11.5 Å². The largest absolute Gasteiger partial charge is 0.441 e. The molecule has 4 rings (SSSR count). The molecule has 0 spiro atoms. The molecule has 1 aliphatic carbocycles. The number of fused-ring (bicyclic) bond motifs is 1. The Morgan fingerprint density at radius 2 is 1.47 bits per heavy atom. The van der Waals surface area contributed by atoms with E-state index in [0.717, 1.165) is 11.1 Å². The second-order valence-corrected chi connectivity index (χ2v) is 10.1. The number of para-hydroxylation sites is 2. The summed E-state index contributed by atoms with van der Waals surface area (Å²) in [6, 6.07) is 25.3. The third-order valence-electron chi connectivity index (χ3n) is 5.64. The molecule has 0 aromatic heterocycles. The van der Waals surface area contributed by atoms with E-state index in [9.17, 15) is 9.36 Å². The summed E-state index contributed by atoms with van der Waals surface area (Å²) < 4.78 is 26.2. The van der Waals surface area contributed by atoms with Crippen LogP contribution in [0.5, 0.6) is 11.5 Å². The monoisotopic (exact) mass is 447 g/mol. The van der Waals surface area contributed by atoms with Crippen LogP contribution in [0.3, 0.4) is 0 Å². The molecule has 0 amide bonds. The highest BCUT2D eigenvalue weighted by Gasteiger charge is 2.47. The quantitative estimate of drug-likeness (QED) is 0.431. The van der Waals surface area contributed by atoms with Crippen LogP contribution in [0.25, 0.3) is 6.08 Å². The average molecular weight is 447 g/mol. The predicted molar refractivity (Wildman–Crippen MR) is 127 cm³/mol. The Hall–Kier alpha value is -3.14. The molecule has 2 N–H and O–H groups in total. The number of ketones is 1. The van der Waals surface area contributed by atoms with Crippen LogP contribution in [0, 0.1) is 0 Å². The van der Waals surface area contributed by atoms with E-state index < -0.39 is 18.8 Å². The minimum atomic E-state index is -4.00. The molecule has 3 aromatic carbocycles. The van der Waals surface area contributed by atoms with Crippen LogP contribution in [-0.4, -0.2) is 11.4 Å². The van der Waals surface area contributed by atoms with E-state index in [0.29, 0.717) is 17.9 Å². The van der Waals surface area contributed by atoms with E-state index in [-0.39, 0.29) is 12.2 Å². The van der Waals surface area contributed by atoms with Crippen LogP contribution >= 0.6 is 7.60 Å². The molecule has 0 radical (unpaired) electrons. The molecule has 6 heteroatoms. The van der Waals surface area contributed by atoms with Crippen LogP contribution < -0.4 is 14.8 Å². The molecule has 0 fully saturated rings. The van der Waals surface area contributed by atoms with Crippen molar-refractivity contribution in [2.24, 2.45) is 5.73 Å². The van der Waals surface area contributed by atoms with E-state index in [4.69, 9.17) is 14.8 Å². The highest BCUT2D eigenvalue weighted by atomic mass is 31.2. The van der Waals surface area contributed by atoms with Crippen molar-refractivity contribution in [3.63, 3.8) is 0 Å². The Balaban J connectivity index is 1.74. The number of carbonyl (C=O) groups excluding carboxylic acids is 1. The fraction of sp³-hybridized carbons (Fsp3) is 0.192. The SMILES string of the molecule is CC(=O)C(CC1(N)CC=Cc2ccccc21)P(=O)(Oc1ccccc1)Oc1ccccc1. The number of rotatable bonds is 8. The Kier molecular flexibility index (Phi) is 6.31. The third kappa shape index (κ3) is 4.69. The molecule has 0 aliphatic heterocycles. The average Bonchev–Trinajstić information content (AvgIpc) is 2.79. The van der Waals surface area contributed by atoms with Crippen LogP contribution in [0.2, 0.25) is 0 Å². The third-order valence-corrected chi connectivity index (χ3v) is 7.88. The number of Topliss-reactive ketones (excluding diaryl/α,β-unsaturated/α-hetero) is 1. The summed E-state index contributed by atoms with van der Waals surface area (Å²) in [5, 5.41) is 0. The lowest BCUT2D eigenvalue weighted by Crippen LogP contribution is -2.43. The zero-order valence-corrected chi connectivity index (χ0v) is 18.8. The summed E-state index contributed by atoms with van der Waals surface area (Å²) in [6.45, 7) is 1.41. The summed E-state index contributed by atoms with van der Waals surface area (Å²) in [6.07, 6.45) is 4.65. The fourth-order valence-corrected chi connectivity index (χ4v) is 6.14. The lowest BCUT2D eigenvalue weighted by molar-refractivity contribution is -0.117. The fourth-order valence-electron chi connectivity index (χ4n) is 4.02. The molecular formula is C26H26NO4P.